The zero-order valence-corrected chi connectivity index (χ0v) is 18.3. The van der Waals surface area contributed by atoms with Gasteiger partial charge < -0.3 is 19.9 Å². The molecule has 0 aliphatic carbocycles. The molecular formula is C23H34N4O2. The van der Waals surface area contributed by atoms with Crippen LogP contribution in [0.15, 0.2) is 12.1 Å². The van der Waals surface area contributed by atoms with Crippen molar-refractivity contribution < 1.29 is 9.53 Å². The number of terminal acetylenes is 1. The van der Waals surface area contributed by atoms with Gasteiger partial charge in [-0.15, -0.1) is 6.42 Å². The molecule has 2 saturated heterocycles. The summed E-state index contributed by atoms with van der Waals surface area (Å²) in [7, 11) is 0. The highest BCUT2D eigenvalue weighted by molar-refractivity contribution is 5.69. The molecule has 1 amide bonds. The first-order valence-electron chi connectivity index (χ1n) is 10.5. The van der Waals surface area contributed by atoms with E-state index in [0.717, 1.165) is 51.4 Å². The lowest BCUT2D eigenvalue weighted by molar-refractivity contribution is 0.0240. The lowest BCUT2D eigenvalue weighted by Gasteiger charge is -2.38. The normalized spacial score (nSPS) is 18.4. The molecule has 2 fully saturated rings. The topological polar surface area (TPSA) is 48.0 Å². The van der Waals surface area contributed by atoms with Crippen LogP contribution in [0.5, 0.6) is 0 Å². The average Bonchev–Trinajstić information content (AvgIpc) is 2.69. The Labute approximate surface area is 175 Å². The molecule has 0 unspecified atom stereocenters. The summed E-state index contributed by atoms with van der Waals surface area (Å²) in [6.45, 7) is 15.9. The van der Waals surface area contributed by atoms with Crippen LogP contribution < -0.4 is 10.2 Å². The fourth-order valence-electron chi connectivity index (χ4n) is 3.90. The second-order valence-electron chi connectivity index (χ2n) is 8.90. The number of amides is 1. The predicted octanol–water partition coefficient (Wildman–Crippen LogP) is 2.44. The van der Waals surface area contributed by atoms with Crippen LogP contribution in [0.4, 0.5) is 10.5 Å². The second-order valence-corrected chi connectivity index (χ2v) is 8.90. The lowest BCUT2D eigenvalue weighted by Crippen LogP contribution is -2.50. The number of hydrogen-bond acceptors (Lipinski definition) is 5. The number of carbonyl (C=O) groups excluding carboxylic acids is 1. The van der Waals surface area contributed by atoms with E-state index in [1.54, 1.807) is 4.90 Å². The highest BCUT2D eigenvalue weighted by Gasteiger charge is 2.27. The Morgan fingerprint density at radius 2 is 1.79 bits per heavy atom. The molecule has 0 bridgehead atoms. The van der Waals surface area contributed by atoms with Gasteiger partial charge in [0.05, 0.1) is 0 Å². The zero-order chi connectivity index (χ0) is 21.0. The SMILES string of the molecule is C#Cc1cc(CN2CCNCC2)c(C)c(N2CCN(C(=O)OC(C)(C)C)CC2)c1. The van der Waals surface area contributed by atoms with E-state index < -0.39 is 5.60 Å². The van der Waals surface area contributed by atoms with Gasteiger partial charge in [-0.1, -0.05) is 5.92 Å². The molecule has 1 aromatic rings. The molecule has 0 aromatic heterocycles. The molecule has 0 radical (unpaired) electrons. The van der Waals surface area contributed by atoms with Crippen LogP contribution in [-0.2, 0) is 11.3 Å². The van der Waals surface area contributed by atoms with E-state index in [-0.39, 0.29) is 6.09 Å². The summed E-state index contributed by atoms with van der Waals surface area (Å²) in [5, 5.41) is 3.40. The van der Waals surface area contributed by atoms with Crippen molar-refractivity contribution in [3.63, 3.8) is 0 Å². The van der Waals surface area contributed by atoms with E-state index in [2.05, 4.69) is 40.1 Å². The predicted molar refractivity (Wildman–Crippen MR) is 117 cm³/mol. The molecular weight excluding hydrogens is 364 g/mol. The monoisotopic (exact) mass is 398 g/mol. The van der Waals surface area contributed by atoms with Crippen molar-refractivity contribution in [2.24, 2.45) is 0 Å². The summed E-state index contributed by atoms with van der Waals surface area (Å²) in [5.74, 6) is 2.82. The average molecular weight is 399 g/mol. The highest BCUT2D eigenvalue weighted by atomic mass is 16.6. The number of hydrogen-bond donors (Lipinski definition) is 1. The molecule has 0 spiro atoms. The van der Waals surface area contributed by atoms with Gasteiger partial charge in [0.2, 0.25) is 0 Å². The molecule has 158 valence electrons. The summed E-state index contributed by atoms with van der Waals surface area (Å²) >= 11 is 0. The Balaban J connectivity index is 1.71. The van der Waals surface area contributed by atoms with Gasteiger partial charge >= 0.3 is 6.09 Å². The number of piperazine rings is 2. The molecule has 2 heterocycles. The first-order valence-corrected chi connectivity index (χ1v) is 10.5. The lowest BCUT2D eigenvalue weighted by atomic mass is 10.0. The van der Waals surface area contributed by atoms with Gasteiger partial charge in [-0.25, -0.2) is 4.79 Å². The maximum Gasteiger partial charge on any atom is 0.410 e. The van der Waals surface area contributed by atoms with E-state index in [1.165, 1.54) is 16.8 Å². The maximum atomic E-state index is 12.3. The second kappa shape index (κ2) is 9.06. The number of nitrogens with zero attached hydrogens (tertiary/aromatic N) is 3. The van der Waals surface area contributed by atoms with E-state index in [4.69, 9.17) is 11.2 Å². The number of nitrogens with one attached hydrogen (secondary N) is 1. The number of ether oxygens (including phenoxy) is 1. The molecule has 6 nitrogen and oxygen atoms in total. The van der Waals surface area contributed by atoms with Crippen molar-refractivity contribution in [2.45, 2.75) is 39.8 Å². The van der Waals surface area contributed by atoms with E-state index in [0.29, 0.717) is 13.1 Å². The van der Waals surface area contributed by atoms with E-state index >= 15 is 0 Å². The zero-order valence-electron chi connectivity index (χ0n) is 18.3. The minimum atomic E-state index is -0.467. The van der Waals surface area contributed by atoms with Crippen LogP contribution in [0, 0.1) is 19.3 Å². The van der Waals surface area contributed by atoms with Crippen molar-refractivity contribution in [1.82, 2.24) is 15.1 Å². The van der Waals surface area contributed by atoms with Crippen molar-refractivity contribution in [3.05, 3.63) is 28.8 Å². The van der Waals surface area contributed by atoms with E-state index in [1.807, 2.05) is 20.8 Å². The molecule has 1 aromatic carbocycles. The fourth-order valence-corrected chi connectivity index (χ4v) is 3.90. The van der Waals surface area contributed by atoms with Gasteiger partial charge in [0.15, 0.2) is 0 Å². The quantitative estimate of drug-likeness (QED) is 0.793. The minimum absolute atomic E-state index is 0.231. The first-order chi connectivity index (χ1) is 13.8. The maximum absolute atomic E-state index is 12.3. The van der Waals surface area contributed by atoms with Gasteiger partial charge in [0.25, 0.3) is 0 Å². The van der Waals surface area contributed by atoms with Crippen LogP contribution >= 0.6 is 0 Å². The third-order valence-electron chi connectivity index (χ3n) is 5.53. The van der Waals surface area contributed by atoms with Crippen molar-refractivity contribution >= 4 is 11.8 Å². The number of anilines is 1. The molecule has 6 heteroatoms. The number of benzene rings is 1. The summed E-state index contributed by atoms with van der Waals surface area (Å²) < 4.78 is 5.51. The molecule has 2 aliphatic rings. The Hall–Kier alpha value is -2.23. The molecule has 1 N–H and O–H groups in total. The largest absolute Gasteiger partial charge is 0.444 e. The van der Waals surface area contributed by atoms with Gasteiger partial charge in [-0.3, -0.25) is 4.90 Å². The van der Waals surface area contributed by atoms with Crippen LogP contribution in [0.1, 0.15) is 37.5 Å². The first kappa shape index (κ1) is 21.5. The van der Waals surface area contributed by atoms with Crippen molar-refractivity contribution in [3.8, 4) is 12.3 Å². The minimum Gasteiger partial charge on any atom is -0.444 e. The smallest absolute Gasteiger partial charge is 0.410 e. The van der Waals surface area contributed by atoms with Crippen LogP contribution in [0.3, 0.4) is 0 Å². The van der Waals surface area contributed by atoms with Crippen molar-refractivity contribution in [1.29, 1.82) is 0 Å². The van der Waals surface area contributed by atoms with Crippen LogP contribution in [0.2, 0.25) is 0 Å². The molecule has 2 aliphatic heterocycles. The Kier molecular flexibility index (Phi) is 6.71. The van der Waals surface area contributed by atoms with Gasteiger partial charge in [0.1, 0.15) is 5.60 Å². The molecule has 0 saturated carbocycles. The Morgan fingerprint density at radius 3 is 2.38 bits per heavy atom. The molecule has 29 heavy (non-hydrogen) atoms. The summed E-state index contributed by atoms with van der Waals surface area (Å²) in [5.41, 5.74) is 4.23. The Bertz CT molecular complexity index is 764. The number of rotatable bonds is 3. The summed E-state index contributed by atoms with van der Waals surface area (Å²) in [6.07, 6.45) is 5.53. The van der Waals surface area contributed by atoms with Crippen molar-refractivity contribution in [2.75, 3.05) is 57.3 Å². The number of carbonyl (C=O) groups is 1. The van der Waals surface area contributed by atoms with Crippen LogP contribution in [-0.4, -0.2) is 73.9 Å². The summed E-state index contributed by atoms with van der Waals surface area (Å²) in [6, 6.07) is 4.26. The van der Waals surface area contributed by atoms with Gasteiger partial charge in [0, 0.05) is 70.2 Å². The standard InChI is InChI=1S/C23H34N4O2/c1-6-19-15-20(17-25-9-7-24-8-10-25)18(2)21(16-19)26-11-13-27(14-12-26)22(28)29-23(3,4)5/h1,15-16,24H,7-14,17H2,2-5H3. The third kappa shape index (κ3) is 5.65. The molecule has 0 atom stereocenters. The third-order valence-corrected chi connectivity index (χ3v) is 5.53. The summed E-state index contributed by atoms with van der Waals surface area (Å²) in [4.78, 5) is 19.0. The fraction of sp³-hybridized carbons (Fsp3) is 0.609. The Morgan fingerprint density at radius 1 is 1.14 bits per heavy atom. The van der Waals surface area contributed by atoms with Gasteiger partial charge in [-0.05, 0) is 51.0 Å². The highest BCUT2D eigenvalue weighted by Crippen LogP contribution is 2.28. The van der Waals surface area contributed by atoms with Gasteiger partial charge in [-0.2, -0.15) is 0 Å². The van der Waals surface area contributed by atoms with E-state index in [9.17, 15) is 4.79 Å². The molecule has 3 rings (SSSR count). The van der Waals surface area contributed by atoms with Crippen LogP contribution in [0.25, 0.3) is 0 Å².